The van der Waals surface area contributed by atoms with Crippen molar-refractivity contribution in [2.75, 3.05) is 27.2 Å². The Labute approximate surface area is 255 Å². The van der Waals surface area contributed by atoms with E-state index >= 15 is 0 Å². The van der Waals surface area contributed by atoms with E-state index < -0.39 is 35.2 Å². The van der Waals surface area contributed by atoms with Crippen molar-refractivity contribution in [3.8, 4) is 23.0 Å². The van der Waals surface area contributed by atoms with Gasteiger partial charge < -0.3 is 39.7 Å². The fourth-order valence-corrected chi connectivity index (χ4v) is 11.2. The predicted molar refractivity (Wildman–Crippen MR) is 159 cm³/mol. The van der Waals surface area contributed by atoms with Crippen molar-refractivity contribution in [1.82, 2.24) is 9.80 Å². The van der Waals surface area contributed by atoms with E-state index in [4.69, 9.17) is 9.47 Å². The number of phenolic OH excluding ortho intramolecular Hbond substituents is 2. The van der Waals surface area contributed by atoms with Crippen LogP contribution >= 0.6 is 0 Å². The number of nitrogens with zero attached hydrogens (tertiary/aromatic N) is 2. The number of aliphatic hydroxyl groups excluding tert-OH is 2. The van der Waals surface area contributed by atoms with Crippen LogP contribution in [0.5, 0.6) is 23.0 Å². The molecule has 4 aliphatic heterocycles. The number of aliphatic hydroxyl groups is 2. The molecule has 9 heteroatoms. The lowest BCUT2D eigenvalue weighted by Crippen LogP contribution is -2.65. The summed E-state index contributed by atoms with van der Waals surface area (Å²) in [6.45, 7) is 1.67. The van der Waals surface area contributed by atoms with Gasteiger partial charge in [0.1, 0.15) is 24.4 Å². The Morgan fingerprint density at radius 3 is 1.61 bits per heavy atom. The molecule has 44 heavy (non-hydrogen) atoms. The second-order valence-electron chi connectivity index (χ2n) is 14.5. The molecule has 2 saturated heterocycles. The van der Waals surface area contributed by atoms with Gasteiger partial charge in [0.15, 0.2) is 28.8 Å². The maximum absolute atomic E-state index is 14.9. The number of likely N-dealkylation sites (N-methyl/N-ethyl adjacent to an activating group) is 2. The van der Waals surface area contributed by atoms with E-state index in [1.165, 1.54) is 0 Å². The highest BCUT2D eigenvalue weighted by Gasteiger charge is 2.66. The molecule has 2 fully saturated rings. The number of likely N-dealkylation sites (tertiary alicyclic amines) is 2. The molecule has 2 aromatic carbocycles. The summed E-state index contributed by atoms with van der Waals surface area (Å²) in [5.74, 6) is 0.589. The van der Waals surface area contributed by atoms with Crippen LogP contribution < -0.4 is 9.47 Å². The number of carbonyl (C=O) groups excluding carboxylic acids is 1. The van der Waals surface area contributed by atoms with Crippen LogP contribution in [-0.2, 0) is 23.7 Å². The third-order valence-electron chi connectivity index (χ3n) is 13.0. The zero-order chi connectivity index (χ0) is 30.0. The van der Waals surface area contributed by atoms with Crippen LogP contribution in [0.25, 0.3) is 0 Å². The lowest BCUT2D eigenvalue weighted by atomic mass is 9.52. The minimum absolute atomic E-state index is 0.0857. The molecule has 0 amide bonds. The van der Waals surface area contributed by atoms with Gasteiger partial charge in [-0.2, -0.15) is 0 Å². The lowest BCUT2D eigenvalue weighted by Gasteiger charge is -2.56. The Kier molecular flexibility index (Phi) is 4.75. The summed E-state index contributed by atoms with van der Waals surface area (Å²) in [6, 6.07) is 3.33. The Morgan fingerprint density at radius 1 is 0.750 bits per heavy atom. The molecule has 8 aliphatic rings. The molecule has 228 valence electrons. The molecule has 4 N–H and O–H groups in total. The smallest absolute Gasteiger partial charge is 0.193 e. The number of carbonyl (C=O) groups is 1. The van der Waals surface area contributed by atoms with Gasteiger partial charge in [0, 0.05) is 57.0 Å². The monoisotopic (exact) mass is 596 g/mol. The average molecular weight is 597 g/mol. The normalized spacial score (nSPS) is 41.5. The maximum Gasteiger partial charge on any atom is 0.193 e. The third kappa shape index (κ3) is 2.69. The molecule has 0 aromatic heterocycles. The standard InChI is InChI=1S/C35H36N2O7/c1-36-9-7-34-19-3-5-23(38)32(34)43-30-25(40)13-17(15(27(30)34)11-21(19)36)29(42)18-14-26(41)31-28-16(18)12-22-20-4-6-24(39)33(44-31)35(20,28)8-10-37(22)2/h3-6,13-14,19-24,32-33,38-41H,7-12H2,1-2H3/t19-,20-,21+,22+,23-,24-,32-,33-,34-,35-/m0/s1. The van der Waals surface area contributed by atoms with E-state index in [1.807, 2.05) is 12.2 Å². The van der Waals surface area contributed by atoms with Gasteiger partial charge in [0.25, 0.3) is 0 Å². The van der Waals surface area contributed by atoms with Gasteiger partial charge in [-0.3, -0.25) is 4.79 Å². The van der Waals surface area contributed by atoms with Crippen molar-refractivity contribution < 1.29 is 34.7 Å². The number of benzene rings is 2. The zero-order valence-electron chi connectivity index (χ0n) is 24.7. The van der Waals surface area contributed by atoms with Crippen molar-refractivity contribution >= 4 is 5.78 Å². The van der Waals surface area contributed by atoms with Crippen molar-refractivity contribution in [3.63, 3.8) is 0 Å². The van der Waals surface area contributed by atoms with E-state index in [0.29, 0.717) is 35.5 Å². The SMILES string of the molecule is CN1CC[C@]23c4c5c(C(=O)c6cc(O)c7c8c6C[C@@H]6[C@@H]9C=C[C@H](O)[C@H](O7)[C@]89CCN6C)cc(O)c4O[C@H]2[C@@H](O)C=C[C@H]3[C@H]1C5. The van der Waals surface area contributed by atoms with E-state index in [1.54, 1.807) is 12.1 Å². The van der Waals surface area contributed by atoms with Crippen LogP contribution in [0.1, 0.15) is 51.0 Å². The number of phenols is 2. The van der Waals surface area contributed by atoms with Crippen LogP contribution in [-0.4, -0.2) is 99.7 Å². The summed E-state index contributed by atoms with van der Waals surface area (Å²) in [7, 11) is 4.23. The second-order valence-corrected chi connectivity index (χ2v) is 14.5. The summed E-state index contributed by atoms with van der Waals surface area (Å²) in [6.07, 6.45) is 7.99. The number of hydrogen-bond donors (Lipinski definition) is 4. The summed E-state index contributed by atoms with van der Waals surface area (Å²) < 4.78 is 12.8. The number of aromatic hydroxyl groups is 2. The number of piperidine rings is 2. The molecule has 0 unspecified atom stereocenters. The van der Waals surface area contributed by atoms with Crippen molar-refractivity contribution in [1.29, 1.82) is 0 Å². The van der Waals surface area contributed by atoms with Crippen molar-refractivity contribution in [2.24, 2.45) is 11.8 Å². The summed E-state index contributed by atoms with van der Waals surface area (Å²) in [4.78, 5) is 19.6. The molecular weight excluding hydrogens is 560 g/mol. The van der Waals surface area contributed by atoms with Gasteiger partial charge in [-0.25, -0.2) is 0 Å². The average Bonchev–Trinajstić information content (AvgIpc) is 3.55. The maximum atomic E-state index is 14.9. The van der Waals surface area contributed by atoms with Crippen LogP contribution in [0, 0.1) is 11.8 Å². The van der Waals surface area contributed by atoms with Gasteiger partial charge in [-0.1, -0.05) is 24.3 Å². The second kappa shape index (κ2) is 8.07. The first-order chi connectivity index (χ1) is 21.2. The van der Waals surface area contributed by atoms with E-state index in [-0.39, 0.29) is 41.2 Å². The highest BCUT2D eigenvalue weighted by molar-refractivity contribution is 6.12. The number of hydrogen-bond acceptors (Lipinski definition) is 9. The molecule has 2 aromatic rings. The molecule has 4 heterocycles. The van der Waals surface area contributed by atoms with Crippen LogP contribution in [0.4, 0.5) is 0 Å². The topological polar surface area (TPSA) is 123 Å². The molecular formula is C35H36N2O7. The number of rotatable bonds is 2. The fraction of sp³-hybridized carbons (Fsp3) is 0.514. The van der Waals surface area contributed by atoms with Gasteiger partial charge in [0.05, 0.1) is 0 Å². The minimum Gasteiger partial charge on any atom is -0.504 e. The molecule has 4 aliphatic carbocycles. The Morgan fingerprint density at radius 2 is 1.18 bits per heavy atom. The Hall–Kier alpha value is -3.37. The van der Waals surface area contributed by atoms with E-state index in [0.717, 1.165) is 48.2 Å². The first-order valence-electron chi connectivity index (χ1n) is 16.0. The predicted octanol–water partition coefficient (Wildman–Crippen LogP) is 1.94. The first kappa shape index (κ1) is 25.9. The van der Waals surface area contributed by atoms with E-state index in [9.17, 15) is 25.2 Å². The quantitative estimate of drug-likeness (QED) is 0.304. The van der Waals surface area contributed by atoms with Crippen LogP contribution in [0.2, 0.25) is 0 Å². The summed E-state index contributed by atoms with van der Waals surface area (Å²) in [5.41, 5.74) is 3.33. The molecule has 0 radical (unpaired) electrons. The Balaban J connectivity index is 1.19. The lowest BCUT2D eigenvalue weighted by molar-refractivity contribution is -0.0454. The summed E-state index contributed by atoms with van der Waals surface area (Å²) >= 11 is 0. The third-order valence-corrected chi connectivity index (χ3v) is 13.0. The molecule has 10 rings (SSSR count). The molecule has 2 spiro atoms. The van der Waals surface area contributed by atoms with Gasteiger partial charge in [0.2, 0.25) is 0 Å². The van der Waals surface area contributed by atoms with Crippen molar-refractivity contribution in [3.05, 3.63) is 69.8 Å². The number of ketones is 1. The largest absolute Gasteiger partial charge is 0.504 e. The highest BCUT2D eigenvalue weighted by atomic mass is 16.5. The highest BCUT2D eigenvalue weighted by Crippen LogP contribution is 2.65. The van der Waals surface area contributed by atoms with Gasteiger partial charge >= 0.3 is 0 Å². The zero-order valence-corrected chi connectivity index (χ0v) is 24.7. The minimum atomic E-state index is -0.804. The molecule has 0 saturated carbocycles. The van der Waals surface area contributed by atoms with E-state index in [2.05, 4.69) is 36.0 Å². The number of ether oxygens (including phenoxy) is 2. The molecule has 4 bridgehead atoms. The molecule has 10 atom stereocenters. The van der Waals surface area contributed by atoms with Crippen LogP contribution in [0.15, 0.2) is 36.4 Å². The van der Waals surface area contributed by atoms with Crippen LogP contribution in [0.3, 0.4) is 0 Å². The van der Waals surface area contributed by atoms with Crippen molar-refractivity contribution in [2.45, 2.75) is 73.0 Å². The summed E-state index contributed by atoms with van der Waals surface area (Å²) in [5, 5.41) is 45.0. The fourth-order valence-electron chi connectivity index (χ4n) is 11.2. The Bertz CT molecular complexity index is 1640. The van der Waals surface area contributed by atoms with Gasteiger partial charge in [-0.05, 0) is 76.1 Å². The molecule has 9 nitrogen and oxygen atoms in total. The first-order valence-corrected chi connectivity index (χ1v) is 16.0. The van der Waals surface area contributed by atoms with Gasteiger partial charge in [-0.15, -0.1) is 0 Å².